The summed E-state index contributed by atoms with van der Waals surface area (Å²) in [5.41, 5.74) is 0.736. The lowest BCUT2D eigenvalue weighted by atomic mass is 9.97. The van der Waals surface area contributed by atoms with E-state index >= 15 is 0 Å². The number of hydrogen-bond donors (Lipinski definition) is 3. The van der Waals surface area contributed by atoms with Gasteiger partial charge in [0.15, 0.2) is 0 Å². The Morgan fingerprint density at radius 3 is 2.30 bits per heavy atom. The van der Waals surface area contributed by atoms with Crippen molar-refractivity contribution < 1.29 is 38.9 Å². The molecule has 0 aromatic heterocycles. The number of benzene rings is 1. The van der Waals surface area contributed by atoms with Crippen LogP contribution in [0.15, 0.2) is 24.3 Å². The van der Waals surface area contributed by atoms with Crippen molar-refractivity contribution in [1.82, 2.24) is 4.90 Å². The third kappa shape index (κ3) is 9.37. The van der Waals surface area contributed by atoms with Gasteiger partial charge in [-0.2, -0.15) is 0 Å². The minimum absolute atomic E-state index is 0.00631. The fourth-order valence-electron chi connectivity index (χ4n) is 2.84. The lowest BCUT2D eigenvalue weighted by Crippen LogP contribution is -2.38. The van der Waals surface area contributed by atoms with Gasteiger partial charge in [0.2, 0.25) is 5.91 Å². The molecular formula is C20H28N2O8. The Balaban J connectivity index is 0.000000656. The second-order valence-corrected chi connectivity index (χ2v) is 6.51. The van der Waals surface area contributed by atoms with Crippen molar-refractivity contribution in [2.24, 2.45) is 5.92 Å². The number of hydrogen-bond acceptors (Lipinski definition) is 7. The van der Waals surface area contributed by atoms with Gasteiger partial charge in [-0.3, -0.25) is 9.59 Å². The van der Waals surface area contributed by atoms with Crippen LogP contribution >= 0.6 is 0 Å². The fourth-order valence-corrected chi connectivity index (χ4v) is 2.84. The predicted octanol–water partition coefficient (Wildman–Crippen LogP) is 1.45. The smallest absolute Gasteiger partial charge is 0.414 e. The summed E-state index contributed by atoms with van der Waals surface area (Å²) in [5, 5.41) is 17.7. The fraction of sp³-hybridized carbons (Fsp3) is 0.500. The van der Waals surface area contributed by atoms with Crippen molar-refractivity contribution in [1.29, 1.82) is 0 Å². The summed E-state index contributed by atoms with van der Waals surface area (Å²) in [6, 6.07) is 7.31. The first-order valence-corrected chi connectivity index (χ1v) is 9.55. The zero-order valence-corrected chi connectivity index (χ0v) is 17.1. The van der Waals surface area contributed by atoms with Crippen LogP contribution < -0.4 is 10.1 Å². The number of anilines is 1. The number of nitrogens with zero attached hydrogens (tertiary/aromatic N) is 1. The van der Waals surface area contributed by atoms with Gasteiger partial charge in [0.1, 0.15) is 5.75 Å². The molecule has 0 spiro atoms. The molecule has 1 aliphatic heterocycles. The van der Waals surface area contributed by atoms with Gasteiger partial charge in [-0.15, -0.1) is 0 Å². The number of aliphatic carboxylic acids is 2. The number of methoxy groups -OCH3 is 1. The van der Waals surface area contributed by atoms with E-state index in [0.717, 1.165) is 31.6 Å². The highest BCUT2D eigenvalue weighted by Crippen LogP contribution is 2.19. The normalized spacial score (nSPS) is 14.1. The van der Waals surface area contributed by atoms with Crippen molar-refractivity contribution in [2.75, 3.05) is 38.7 Å². The summed E-state index contributed by atoms with van der Waals surface area (Å²) in [6.07, 6.45) is 2.04. The molecule has 2 rings (SSSR count). The van der Waals surface area contributed by atoms with Crippen LogP contribution in [0.2, 0.25) is 0 Å². The van der Waals surface area contributed by atoms with Crippen molar-refractivity contribution >= 4 is 29.5 Å². The van der Waals surface area contributed by atoms with Crippen molar-refractivity contribution in [3.8, 4) is 5.75 Å². The summed E-state index contributed by atoms with van der Waals surface area (Å²) in [5.74, 6) is -3.03. The summed E-state index contributed by atoms with van der Waals surface area (Å²) in [7, 11) is 1.60. The number of nitrogens with one attached hydrogen (secondary N) is 1. The predicted molar refractivity (Wildman–Crippen MR) is 107 cm³/mol. The SMILES string of the molecule is CCOC(=O)C1CCN(CCC(=O)Nc2cccc(OC)c2)CC1.O=C(O)C(=O)O. The molecular weight excluding hydrogens is 396 g/mol. The van der Waals surface area contributed by atoms with E-state index in [9.17, 15) is 9.59 Å². The monoisotopic (exact) mass is 424 g/mol. The highest BCUT2D eigenvalue weighted by atomic mass is 16.5. The first-order valence-electron chi connectivity index (χ1n) is 9.55. The molecule has 3 N–H and O–H groups in total. The molecule has 0 atom stereocenters. The zero-order valence-electron chi connectivity index (χ0n) is 17.1. The van der Waals surface area contributed by atoms with Crippen LogP contribution in [0, 0.1) is 5.92 Å². The first-order chi connectivity index (χ1) is 14.3. The second-order valence-electron chi connectivity index (χ2n) is 6.51. The van der Waals surface area contributed by atoms with Gasteiger partial charge >= 0.3 is 17.9 Å². The van der Waals surface area contributed by atoms with Gasteiger partial charge < -0.3 is 29.9 Å². The number of amides is 1. The van der Waals surface area contributed by atoms with Gasteiger partial charge in [0.05, 0.1) is 19.6 Å². The van der Waals surface area contributed by atoms with E-state index in [-0.39, 0.29) is 17.8 Å². The van der Waals surface area contributed by atoms with Gasteiger partial charge in [-0.25, -0.2) is 9.59 Å². The summed E-state index contributed by atoms with van der Waals surface area (Å²) in [6.45, 7) is 4.62. The standard InChI is InChI=1S/C18H26N2O4.C2H2O4/c1-3-24-18(22)14-7-10-20(11-8-14)12-9-17(21)19-15-5-4-6-16(13-15)23-2;3-1(4)2(5)6/h4-6,13-14H,3,7-12H2,1-2H3,(H,19,21);(H,3,4)(H,5,6). The molecule has 30 heavy (non-hydrogen) atoms. The number of likely N-dealkylation sites (tertiary alicyclic amines) is 1. The molecule has 1 aromatic rings. The number of esters is 1. The highest BCUT2D eigenvalue weighted by molar-refractivity contribution is 6.27. The van der Waals surface area contributed by atoms with Crippen molar-refractivity contribution in [3.05, 3.63) is 24.3 Å². The Hall–Kier alpha value is -3.14. The molecule has 1 amide bonds. The molecule has 10 nitrogen and oxygen atoms in total. The number of carboxylic acid groups (broad SMARTS) is 2. The largest absolute Gasteiger partial charge is 0.497 e. The van der Waals surface area contributed by atoms with E-state index in [1.165, 1.54) is 0 Å². The topological polar surface area (TPSA) is 142 Å². The molecule has 1 aromatic carbocycles. The average Bonchev–Trinajstić information content (AvgIpc) is 2.73. The number of carbonyl (C=O) groups excluding carboxylic acids is 2. The third-order valence-corrected chi connectivity index (χ3v) is 4.40. The Bertz CT molecular complexity index is 717. The number of carboxylic acids is 2. The Morgan fingerprint density at radius 1 is 1.13 bits per heavy atom. The highest BCUT2D eigenvalue weighted by Gasteiger charge is 2.25. The minimum Gasteiger partial charge on any atom is -0.497 e. The van der Waals surface area contributed by atoms with E-state index < -0.39 is 11.9 Å². The van der Waals surface area contributed by atoms with Crippen LogP contribution in [0.1, 0.15) is 26.2 Å². The van der Waals surface area contributed by atoms with E-state index in [4.69, 9.17) is 29.3 Å². The maximum Gasteiger partial charge on any atom is 0.414 e. The van der Waals surface area contributed by atoms with E-state index in [0.29, 0.717) is 25.3 Å². The second kappa shape index (κ2) is 13.2. The zero-order chi connectivity index (χ0) is 22.5. The van der Waals surface area contributed by atoms with Crippen LogP contribution in [0.4, 0.5) is 5.69 Å². The maximum absolute atomic E-state index is 12.1. The molecule has 10 heteroatoms. The lowest BCUT2D eigenvalue weighted by Gasteiger charge is -2.30. The molecule has 1 saturated heterocycles. The molecule has 0 unspecified atom stereocenters. The van der Waals surface area contributed by atoms with Gasteiger partial charge in [0.25, 0.3) is 0 Å². The average molecular weight is 424 g/mol. The molecule has 1 fully saturated rings. The Morgan fingerprint density at radius 2 is 1.77 bits per heavy atom. The number of rotatable bonds is 7. The molecule has 0 saturated carbocycles. The Kier molecular flexibility index (Phi) is 10.9. The molecule has 0 radical (unpaired) electrons. The summed E-state index contributed by atoms with van der Waals surface area (Å²) < 4.78 is 10.2. The molecule has 166 valence electrons. The molecule has 0 bridgehead atoms. The quantitative estimate of drug-likeness (QED) is 0.438. The summed E-state index contributed by atoms with van der Waals surface area (Å²) >= 11 is 0. The molecule has 1 aliphatic rings. The van der Waals surface area contributed by atoms with Gasteiger partial charge in [-0.05, 0) is 45.0 Å². The number of carbonyl (C=O) groups is 4. The minimum atomic E-state index is -1.82. The summed E-state index contributed by atoms with van der Waals surface area (Å²) in [4.78, 5) is 44.2. The van der Waals surface area contributed by atoms with E-state index in [2.05, 4.69) is 10.2 Å². The first kappa shape index (κ1) is 24.9. The van der Waals surface area contributed by atoms with E-state index in [1.807, 2.05) is 25.1 Å². The molecule has 1 heterocycles. The van der Waals surface area contributed by atoms with E-state index in [1.54, 1.807) is 13.2 Å². The number of piperidine rings is 1. The van der Waals surface area contributed by atoms with Crippen LogP contribution in [0.25, 0.3) is 0 Å². The lowest BCUT2D eigenvalue weighted by molar-refractivity contribution is -0.159. The molecule has 0 aliphatic carbocycles. The maximum atomic E-state index is 12.1. The number of ether oxygens (including phenoxy) is 2. The Labute approximate surface area is 174 Å². The van der Waals surface area contributed by atoms with Crippen LogP contribution in [-0.2, 0) is 23.9 Å². The third-order valence-electron chi connectivity index (χ3n) is 4.40. The van der Waals surface area contributed by atoms with Gasteiger partial charge in [0, 0.05) is 24.7 Å². The van der Waals surface area contributed by atoms with Crippen LogP contribution in [0.5, 0.6) is 5.75 Å². The van der Waals surface area contributed by atoms with Crippen molar-refractivity contribution in [2.45, 2.75) is 26.2 Å². The van der Waals surface area contributed by atoms with Crippen LogP contribution in [0.3, 0.4) is 0 Å². The van der Waals surface area contributed by atoms with Gasteiger partial charge in [-0.1, -0.05) is 6.07 Å². The van der Waals surface area contributed by atoms with Crippen LogP contribution in [-0.4, -0.2) is 72.3 Å². The van der Waals surface area contributed by atoms with Crippen molar-refractivity contribution in [3.63, 3.8) is 0 Å².